The van der Waals surface area contributed by atoms with E-state index in [9.17, 15) is 27.2 Å². The summed E-state index contributed by atoms with van der Waals surface area (Å²) in [5, 5.41) is 2.64. The molecule has 0 fully saturated rings. The Bertz CT molecular complexity index is 1260. The second-order valence-electron chi connectivity index (χ2n) is 7.69. The van der Waals surface area contributed by atoms with Crippen molar-refractivity contribution in [1.82, 2.24) is 0 Å². The van der Waals surface area contributed by atoms with Crippen molar-refractivity contribution in [3.05, 3.63) is 83.2 Å². The average molecular weight is 457 g/mol. The van der Waals surface area contributed by atoms with Crippen LogP contribution in [0.4, 0.5) is 40.3 Å². The summed E-state index contributed by atoms with van der Waals surface area (Å²) in [6, 6.07) is 13.5. The van der Waals surface area contributed by atoms with E-state index in [2.05, 4.69) is 5.32 Å². The van der Waals surface area contributed by atoms with Crippen LogP contribution in [0.15, 0.2) is 60.7 Å². The maximum Gasteiger partial charge on any atom is 0.416 e. The minimum Gasteiger partial charge on any atom is -0.326 e. The number of nitrogens with one attached hydrogen (secondary N) is 1. The Kier molecular flexibility index (Phi) is 5.57. The van der Waals surface area contributed by atoms with Gasteiger partial charge in [-0.2, -0.15) is 13.2 Å². The Hall–Kier alpha value is -3.88. The number of rotatable bonds is 3. The number of amides is 2. The molecule has 1 aliphatic heterocycles. The zero-order chi connectivity index (χ0) is 23.9. The molecule has 1 heterocycles. The van der Waals surface area contributed by atoms with Gasteiger partial charge in [0.25, 0.3) is 5.91 Å². The molecule has 5 nitrogen and oxygen atoms in total. The molecule has 3 aromatic carbocycles. The molecule has 1 N–H and O–H groups in total. The maximum atomic E-state index is 13.7. The number of nitrogens with zero attached hydrogens (tertiary/aromatic N) is 2. The maximum absolute atomic E-state index is 13.7. The van der Waals surface area contributed by atoms with E-state index in [1.165, 1.54) is 30.0 Å². The molecule has 0 aromatic heterocycles. The van der Waals surface area contributed by atoms with Crippen LogP contribution in [0.3, 0.4) is 0 Å². The summed E-state index contributed by atoms with van der Waals surface area (Å²) in [6.45, 7) is 2.89. The Balaban J connectivity index is 1.86. The average Bonchev–Trinajstić information content (AvgIpc) is 2.73. The molecular weight excluding hydrogens is 438 g/mol. The van der Waals surface area contributed by atoms with Crippen LogP contribution < -0.4 is 15.1 Å². The summed E-state index contributed by atoms with van der Waals surface area (Å²) >= 11 is 0. The fraction of sp³-hybridized carbons (Fsp3) is 0.167. The van der Waals surface area contributed by atoms with E-state index >= 15 is 0 Å². The molecule has 9 heteroatoms. The third-order valence-corrected chi connectivity index (χ3v) is 5.30. The molecule has 1 aliphatic rings. The zero-order valence-corrected chi connectivity index (χ0v) is 17.7. The van der Waals surface area contributed by atoms with E-state index in [0.29, 0.717) is 22.6 Å². The Morgan fingerprint density at radius 3 is 2.39 bits per heavy atom. The van der Waals surface area contributed by atoms with E-state index in [0.717, 1.165) is 18.2 Å². The normalized spacial score (nSPS) is 13.7. The first-order valence-corrected chi connectivity index (χ1v) is 9.99. The van der Waals surface area contributed by atoms with Crippen molar-refractivity contribution in [3.8, 4) is 0 Å². The summed E-state index contributed by atoms with van der Waals surface area (Å²) in [7, 11) is 0. The molecule has 170 valence electrons. The van der Waals surface area contributed by atoms with Crippen LogP contribution in [0.5, 0.6) is 0 Å². The molecule has 3 aromatic rings. The molecule has 0 spiro atoms. The largest absolute Gasteiger partial charge is 0.416 e. The minimum absolute atomic E-state index is 0.0721. The lowest BCUT2D eigenvalue weighted by Crippen LogP contribution is -2.45. The first-order valence-electron chi connectivity index (χ1n) is 9.99. The summed E-state index contributed by atoms with van der Waals surface area (Å²) < 4.78 is 53.9. The van der Waals surface area contributed by atoms with Gasteiger partial charge >= 0.3 is 6.18 Å². The third kappa shape index (κ3) is 4.39. The van der Waals surface area contributed by atoms with Gasteiger partial charge in [-0.1, -0.05) is 6.07 Å². The molecule has 0 unspecified atom stereocenters. The van der Waals surface area contributed by atoms with Gasteiger partial charge in [0.2, 0.25) is 5.91 Å². The fourth-order valence-electron chi connectivity index (χ4n) is 3.82. The van der Waals surface area contributed by atoms with Crippen molar-refractivity contribution >= 4 is 34.6 Å². The number of alkyl halides is 3. The molecule has 33 heavy (non-hydrogen) atoms. The third-order valence-electron chi connectivity index (χ3n) is 5.30. The number of anilines is 4. The summed E-state index contributed by atoms with van der Waals surface area (Å²) in [5.41, 5.74) is 1.14. The smallest absolute Gasteiger partial charge is 0.326 e. The van der Waals surface area contributed by atoms with Gasteiger partial charge in [0.05, 0.1) is 16.8 Å². The molecular formula is C24H19F4N3O2. The van der Waals surface area contributed by atoms with Crippen LogP contribution in [0, 0.1) is 12.7 Å². The second-order valence-corrected chi connectivity index (χ2v) is 7.69. The van der Waals surface area contributed by atoms with Crippen LogP contribution in [-0.2, 0) is 11.0 Å². The number of hydrogen-bond acceptors (Lipinski definition) is 3. The van der Waals surface area contributed by atoms with Crippen LogP contribution in [0.25, 0.3) is 0 Å². The summed E-state index contributed by atoms with van der Waals surface area (Å²) in [6.07, 6.45) is -4.59. The van der Waals surface area contributed by atoms with Crippen LogP contribution in [-0.4, -0.2) is 18.5 Å². The van der Waals surface area contributed by atoms with E-state index in [1.807, 2.05) is 0 Å². The monoisotopic (exact) mass is 457 g/mol. The van der Waals surface area contributed by atoms with Crippen LogP contribution >= 0.6 is 0 Å². The first kappa shape index (κ1) is 22.3. The van der Waals surface area contributed by atoms with Gasteiger partial charge in [0, 0.05) is 24.0 Å². The Morgan fingerprint density at radius 2 is 1.73 bits per heavy atom. The SMILES string of the molecule is CC(=O)Nc1cccc(N2CN(c3ccc(F)cc3C)c3cc(C(F)(F)F)ccc3C2=O)c1. The highest BCUT2D eigenvalue weighted by molar-refractivity contribution is 6.13. The Labute approximate surface area is 187 Å². The quantitative estimate of drug-likeness (QED) is 0.501. The van der Waals surface area contributed by atoms with E-state index < -0.39 is 23.5 Å². The number of carbonyl (C=O) groups is 2. The number of carbonyl (C=O) groups excluding carboxylic acids is 2. The van der Waals surface area contributed by atoms with Crippen molar-refractivity contribution in [2.45, 2.75) is 20.0 Å². The van der Waals surface area contributed by atoms with Gasteiger partial charge in [0.15, 0.2) is 0 Å². The second kappa shape index (κ2) is 8.23. The van der Waals surface area contributed by atoms with E-state index in [1.54, 1.807) is 36.1 Å². The number of fused-ring (bicyclic) bond motifs is 1. The van der Waals surface area contributed by atoms with Crippen molar-refractivity contribution in [1.29, 1.82) is 0 Å². The molecule has 0 saturated carbocycles. The Morgan fingerprint density at radius 1 is 0.970 bits per heavy atom. The van der Waals surface area contributed by atoms with Crippen molar-refractivity contribution in [3.63, 3.8) is 0 Å². The molecule has 0 radical (unpaired) electrons. The number of hydrogen-bond donors (Lipinski definition) is 1. The van der Waals surface area contributed by atoms with E-state index in [-0.39, 0.29) is 23.8 Å². The molecule has 0 aliphatic carbocycles. The predicted octanol–water partition coefficient (Wildman–Crippen LogP) is 5.87. The van der Waals surface area contributed by atoms with Gasteiger partial charge in [-0.25, -0.2) is 4.39 Å². The zero-order valence-electron chi connectivity index (χ0n) is 17.7. The fourth-order valence-corrected chi connectivity index (χ4v) is 3.82. The van der Waals surface area contributed by atoms with Gasteiger partial charge < -0.3 is 10.2 Å². The van der Waals surface area contributed by atoms with Gasteiger partial charge in [-0.15, -0.1) is 0 Å². The highest BCUT2D eigenvalue weighted by Crippen LogP contribution is 2.41. The molecule has 0 atom stereocenters. The topological polar surface area (TPSA) is 52.7 Å². The standard InChI is InChI=1S/C24H19F4N3O2/c1-14-10-17(25)7-9-21(14)31-13-30(19-5-3-4-18(12-19)29-15(2)32)23(33)20-8-6-16(11-22(20)31)24(26,27)28/h3-12H,13H2,1-2H3,(H,29,32). The lowest BCUT2D eigenvalue weighted by molar-refractivity contribution is -0.137. The molecule has 2 amide bonds. The molecule has 0 bridgehead atoms. The summed E-state index contributed by atoms with van der Waals surface area (Å²) in [5.74, 6) is -1.26. The highest BCUT2D eigenvalue weighted by Gasteiger charge is 2.36. The number of benzene rings is 3. The van der Waals surface area contributed by atoms with Crippen molar-refractivity contribution in [2.24, 2.45) is 0 Å². The molecule has 4 rings (SSSR count). The highest BCUT2D eigenvalue weighted by atomic mass is 19.4. The number of halogens is 4. The van der Waals surface area contributed by atoms with E-state index in [4.69, 9.17) is 0 Å². The van der Waals surface area contributed by atoms with Crippen molar-refractivity contribution in [2.75, 3.05) is 21.8 Å². The lowest BCUT2D eigenvalue weighted by Gasteiger charge is -2.39. The molecule has 0 saturated heterocycles. The summed E-state index contributed by atoms with van der Waals surface area (Å²) in [4.78, 5) is 27.7. The van der Waals surface area contributed by atoms with Gasteiger partial charge in [-0.3, -0.25) is 14.5 Å². The van der Waals surface area contributed by atoms with Crippen molar-refractivity contribution < 1.29 is 27.2 Å². The first-order chi connectivity index (χ1) is 15.5. The van der Waals surface area contributed by atoms with Crippen LogP contribution in [0.1, 0.15) is 28.4 Å². The van der Waals surface area contributed by atoms with Crippen LogP contribution in [0.2, 0.25) is 0 Å². The van der Waals surface area contributed by atoms with Gasteiger partial charge in [-0.05, 0) is 67.1 Å². The number of aryl methyl sites for hydroxylation is 1. The minimum atomic E-state index is -4.59. The van der Waals surface area contributed by atoms with Gasteiger partial charge in [0.1, 0.15) is 12.5 Å². The lowest BCUT2D eigenvalue weighted by atomic mass is 10.0. The predicted molar refractivity (Wildman–Crippen MR) is 117 cm³/mol.